The van der Waals surface area contributed by atoms with Crippen molar-refractivity contribution >= 4 is 11.7 Å². The largest absolute Gasteiger partial charge is 0.496 e. The van der Waals surface area contributed by atoms with Crippen LogP contribution in [-0.2, 0) is 4.79 Å². The summed E-state index contributed by atoms with van der Waals surface area (Å²) >= 11 is 0. The van der Waals surface area contributed by atoms with E-state index in [2.05, 4.69) is 4.90 Å². The first-order valence-corrected chi connectivity index (χ1v) is 8.97. The molecule has 0 saturated carbocycles. The number of piperidine rings is 1. The van der Waals surface area contributed by atoms with Gasteiger partial charge in [-0.25, -0.2) is 0 Å². The smallest absolute Gasteiger partial charge is 0.241 e. The minimum absolute atomic E-state index is 0.0335. The zero-order chi connectivity index (χ0) is 18.0. The third-order valence-corrected chi connectivity index (χ3v) is 5.51. The molecule has 0 aromatic heterocycles. The molecule has 0 radical (unpaired) electrons. The van der Waals surface area contributed by atoms with Crippen molar-refractivity contribution in [2.75, 3.05) is 33.4 Å². The van der Waals surface area contributed by atoms with Gasteiger partial charge in [-0.3, -0.25) is 14.5 Å². The van der Waals surface area contributed by atoms with Crippen LogP contribution in [0.2, 0.25) is 0 Å². The van der Waals surface area contributed by atoms with E-state index in [1.807, 2.05) is 25.1 Å². The quantitative estimate of drug-likeness (QED) is 0.817. The van der Waals surface area contributed by atoms with E-state index in [0.29, 0.717) is 6.67 Å². The normalized spacial score (nSPS) is 22.4. The first kappa shape index (κ1) is 17.9. The summed E-state index contributed by atoms with van der Waals surface area (Å²) in [5.74, 6) is 1.17. The number of amides is 1. The minimum atomic E-state index is -0.0529. The fourth-order valence-corrected chi connectivity index (χ4v) is 3.98. The van der Waals surface area contributed by atoms with Crippen molar-refractivity contribution in [1.29, 1.82) is 0 Å². The Labute approximate surface area is 148 Å². The first-order chi connectivity index (χ1) is 12.0. The van der Waals surface area contributed by atoms with E-state index in [1.165, 1.54) is 0 Å². The predicted molar refractivity (Wildman–Crippen MR) is 95.5 cm³/mol. The van der Waals surface area contributed by atoms with E-state index >= 15 is 0 Å². The molecule has 2 saturated heterocycles. The number of ether oxygens (including phenoxy) is 1. The van der Waals surface area contributed by atoms with Gasteiger partial charge in [-0.2, -0.15) is 0 Å². The average Bonchev–Trinajstić information content (AvgIpc) is 3.01. The van der Waals surface area contributed by atoms with E-state index in [9.17, 15) is 9.59 Å². The highest BCUT2D eigenvalue weighted by Gasteiger charge is 2.37. The van der Waals surface area contributed by atoms with E-state index in [0.717, 1.165) is 55.8 Å². The Balaban J connectivity index is 1.60. The maximum absolute atomic E-state index is 12.8. The molecule has 0 aliphatic carbocycles. The molecule has 1 atom stereocenters. The van der Waals surface area contributed by atoms with Gasteiger partial charge in [0.2, 0.25) is 5.91 Å². The van der Waals surface area contributed by atoms with E-state index in [-0.39, 0.29) is 23.7 Å². The highest BCUT2D eigenvalue weighted by molar-refractivity contribution is 5.98. The van der Waals surface area contributed by atoms with Crippen LogP contribution in [0.25, 0.3) is 0 Å². The van der Waals surface area contributed by atoms with Crippen LogP contribution in [0.1, 0.15) is 35.2 Å². The molecule has 2 fully saturated rings. The Hall–Kier alpha value is -1.92. The molecule has 2 N–H and O–H groups in total. The Morgan fingerprint density at radius 3 is 2.52 bits per heavy atom. The third kappa shape index (κ3) is 3.55. The van der Waals surface area contributed by atoms with Crippen LogP contribution in [0.15, 0.2) is 18.2 Å². The molecule has 1 amide bonds. The molecule has 3 rings (SSSR count). The summed E-state index contributed by atoms with van der Waals surface area (Å²) in [7, 11) is 1.63. The Morgan fingerprint density at radius 2 is 1.96 bits per heavy atom. The summed E-state index contributed by atoms with van der Waals surface area (Å²) in [4.78, 5) is 29.0. The fourth-order valence-electron chi connectivity index (χ4n) is 3.98. The first-order valence-electron chi connectivity index (χ1n) is 8.97. The molecule has 6 nitrogen and oxygen atoms in total. The van der Waals surface area contributed by atoms with Gasteiger partial charge in [0.05, 0.1) is 19.8 Å². The van der Waals surface area contributed by atoms with Gasteiger partial charge >= 0.3 is 0 Å². The molecule has 6 heteroatoms. The molecule has 0 spiro atoms. The molecule has 1 aromatic carbocycles. The SMILES string of the molecule is COc1ccc(C(=O)C2CCN([C@H]3CCN(CN)C3=O)CC2)cc1C. The molecular formula is C19H27N3O3. The minimum Gasteiger partial charge on any atom is -0.496 e. The zero-order valence-corrected chi connectivity index (χ0v) is 15.0. The van der Waals surface area contributed by atoms with Gasteiger partial charge < -0.3 is 15.4 Å². The van der Waals surface area contributed by atoms with Gasteiger partial charge in [-0.15, -0.1) is 0 Å². The summed E-state index contributed by atoms with van der Waals surface area (Å²) in [5, 5.41) is 0. The number of likely N-dealkylation sites (tertiary alicyclic amines) is 2. The number of nitrogens with two attached hydrogens (primary N) is 1. The Morgan fingerprint density at radius 1 is 1.24 bits per heavy atom. The fraction of sp³-hybridized carbons (Fsp3) is 0.579. The lowest BCUT2D eigenvalue weighted by Gasteiger charge is -2.34. The second-order valence-electron chi connectivity index (χ2n) is 6.95. The van der Waals surface area contributed by atoms with Crippen LogP contribution in [0.5, 0.6) is 5.75 Å². The lowest BCUT2D eigenvalue weighted by Crippen LogP contribution is -2.47. The van der Waals surface area contributed by atoms with Gasteiger partial charge in [0.1, 0.15) is 5.75 Å². The molecule has 0 bridgehead atoms. The van der Waals surface area contributed by atoms with Crippen LogP contribution >= 0.6 is 0 Å². The van der Waals surface area contributed by atoms with Gasteiger partial charge in [0, 0.05) is 18.0 Å². The molecule has 1 aromatic rings. The maximum Gasteiger partial charge on any atom is 0.241 e. The number of aryl methyl sites for hydroxylation is 1. The van der Waals surface area contributed by atoms with Gasteiger partial charge in [-0.1, -0.05) is 0 Å². The number of benzene rings is 1. The van der Waals surface area contributed by atoms with Crippen LogP contribution in [-0.4, -0.2) is 60.9 Å². The monoisotopic (exact) mass is 345 g/mol. The number of methoxy groups -OCH3 is 1. The molecule has 0 unspecified atom stereocenters. The lowest BCUT2D eigenvalue weighted by atomic mass is 9.87. The van der Waals surface area contributed by atoms with Crippen molar-refractivity contribution in [2.45, 2.75) is 32.2 Å². The van der Waals surface area contributed by atoms with Crippen molar-refractivity contribution in [3.8, 4) is 5.75 Å². The van der Waals surface area contributed by atoms with Crippen LogP contribution in [0.3, 0.4) is 0 Å². The van der Waals surface area contributed by atoms with Crippen molar-refractivity contribution in [3.05, 3.63) is 29.3 Å². The average molecular weight is 345 g/mol. The van der Waals surface area contributed by atoms with Gasteiger partial charge in [-0.05, 0) is 63.0 Å². The molecule has 2 heterocycles. The van der Waals surface area contributed by atoms with E-state index in [1.54, 1.807) is 12.0 Å². The van der Waals surface area contributed by atoms with Gasteiger partial charge in [0.15, 0.2) is 5.78 Å². The highest BCUT2D eigenvalue weighted by atomic mass is 16.5. The van der Waals surface area contributed by atoms with Crippen LogP contribution in [0, 0.1) is 12.8 Å². The summed E-state index contributed by atoms with van der Waals surface area (Å²) in [6.07, 6.45) is 2.44. The van der Waals surface area contributed by atoms with Crippen molar-refractivity contribution in [1.82, 2.24) is 9.80 Å². The van der Waals surface area contributed by atoms with Crippen molar-refractivity contribution in [3.63, 3.8) is 0 Å². The lowest BCUT2D eigenvalue weighted by molar-refractivity contribution is -0.132. The molecule has 25 heavy (non-hydrogen) atoms. The third-order valence-electron chi connectivity index (χ3n) is 5.51. The second kappa shape index (κ2) is 7.54. The number of rotatable bonds is 5. The number of ketones is 1. The summed E-state index contributed by atoms with van der Waals surface area (Å²) in [5.41, 5.74) is 7.34. The number of carbonyl (C=O) groups excluding carboxylic acids is 2. The highest BCUT2D eigenvalue weighted by Crippen LogP contribution is 2.27. The standard InChI is InChI=1S/C19H27N3O3/c1-13-11-15(3-4-17(13)25-2)18(23)14-5-8-21(9-6-14)16-7-10-22(12-20)19(16)24/h3-4,11,14,16H,5-10,12,20H2,1-2H3/t16-/m0/s1. The summed E-state index contributed by atoms with van der Waals surface area (Å²) in [6, 6.07) is 5.56. The van der Waals surface area contributed by atoms with Crippen molar-refractivity contribution in [2.24, 2.45) is 11.7 Å². The topological polar surface area (TPSA) is 75.9 Å². The van der Waals surface area contributed by atoms with Crippen molar-refractivity contribution < 1.29 is 14.3 Å². The Bertz CT molecular complexity index is 653. The van der Waals surface area contributed by atoms with E-state index in [4.69, 9.17) is 10.5 Å². The number of carbonyl (C=O) groups is 2. The van der Waals surface area contributed by atoms with Gasteiger partial charge in [0.25, 0.3) is 0 Å². The summed E-state index contributed by atoms with van der Waals surface area (Å²) in [6.45, 7) is 4.57. The Kier molecular flexibility index (Phi) is 5.39. The zero-order valence-electron chi connectivity index (χ0n) is 15.0. The molecule has 2 aliphatic heterocycles. The predicted octanol–water partition coefficient (Wildman–Crippen LogP) is 1.42. The number of hydrogen-bond acceptors (Lipinski definition) is 5. The van der Waals surface area contributed by atoms with E-state index < -0.39 is 0 Å². The molecular weight excluding hydrogens is 318 g/mol. The number of Topliss-reactive ketones (excluding diaryl/α,β-unsaturated/α-hetero) is 1. The number of nitrogens with zero attached hydrogens (tertiary/aromatic N) is 2. The van der Waals surface area contributed by atoms with Crippen LogP contribution in [0.4, 0.5) is 0 Å². The second-order valence-corrected chi connectivity index (χ2v) is 6.95. The molecule has 2 aliphatic rings. The molecule has 136 valence electrons. The number of hydrogen-bond donors (Lipinski definition) is 1. The summed E-state index contributed by atoms with van der Waals surface area (Å²) < 4.78 is 5.26. The van der Waals surface area contributed by atoms with Crippen LogP contribution < -0.4 is 10.5 Å². The maximum atomic E-state index is 12.8.